The zero-order valence-electron chi connectivity index (χ0n) is 17.2. The maximum Gasteiger partial charge on any atom is 0.259 e. The molecule has 10 nitrogen and oxygen atoms in total. The molecule has 1 aliphatic rings. The molecule has 33 heavy (non-hydrogen) atoms. The van der Waals surface area contributed by atoms with Crippen molar-refractivity contribution >= 4 is 39.9 Å². The highest BCUT2D eigenvalue weighted by Gasteiger charge is 2.39. The number of pyridine rings is 1. The van der Waals surface area contributed by atoms with E-state index in [0.717, 1.165) is 6.07 Å². The van der Waals surface area contributed by atoms with Gasteiger partial charge in [0.15, 0.2) is 12.2 Å². The number of amides is 2. The quantitative estimate of drug-likeness (QED) is 0.282. The van der Waals surface area contributed by atoms with Crippen LogP contribution in [0, 0.1) is 11.2 Å². The number of fused-ring (bicyclic) bond motifs is 1. The van der Waals surface area contributed by atoms with Crippen LogP contribution in [0.15, 0.2) is 53.3 Å². The number of nitrogen functional groups attached to an aromatic ring is 1. The third kappa shape index (κ3) is 4.31. The number of nitrogens with two attached hydrogens (primary N) is 1. The fourth-order valence-corrected chi connectivity index (χ4v) is 3.62. The number of morpholine rings is 1. The zero-order chi connectivity index (χ0) is 23.7. The molecule has 0 radical (unpaired) electrons. The molecule has 0 saturated carbocycles. The molecule has 2 heterocycles. The van der Waals surface area contributed by atoms with Gasteiger partial charge in [-0.05, 0) is 30.3 Å². The Labute approximate surface area is 186 Å². The molecular weight excluding hydrogens is 433 g/mol. The number of nitrogens with one attached hydrogen (secondary N) is 3. The van der Waals surface area contributed by atoms with Gasteiger partial charge in [-0.15, -0.1) is 0 Å². The molecule has 1 saturated heterocycles. The van der Waals surface area contributed by atoms with Gasteiger partial charge >= 0.3 is 0 Å². The van der Waals surface area contributed by atoms with Crippen LogP contribution in [0.5, 0.6) is 0 Å². The SMILES string of the molecule is N=C(N)c1ccc(NC(=O)[C@H](O)[C@H]2OCCN(c3cccc4ccc(=O)[nH]c34)C2=O)cc1F. The Morgan fingerprint density at radius 2 is 2.06 bits per heavy atom. The van der Waals surface area contributed by atoms with Crippen molar-refractivity contribution < 1.29 is 23.8 Å². The number of aromatic amines is 1. The topological polar surface area (TPSA) is 162 Å². The average molecular weight is 453 g/mol. The lowest BCUT2D eigenvalue weighted by molar-refractivity contribution is -0.150. The molecule has 1 aromatic heterocycles. The molecule has 2 atom stereocenters. The van der Waals surface area contributed by atoms with Crippen molar-refractivity contribution in [3.8, 4) is 0 Å². The standard InChI is InChI=1S/C22H20FN5O5/c23-14-10-12(5-6-13(14)20(24)25)26-21(31)18(30)19-22(32)28(8-9-33-19)15-3-1-2-11-4-7-16(29)27-17(11)15/h1-7,10,18-19,30H,8-9H2,(H3,24,25)(H,26,31)(H,27,29)/t18-,19-/m1/s1. The number of amidine groups is 1. The lowest BCUT2D eigenvalue weighted by Gasteiger charge is -2.34. The Kier molecular flexibility index (Phi) is 5.90. The fourth-order valence-electron chi connectivity index (χ4n) is 3.62. The van der Waals surface area contributed by atoms with Crippen LogP contribution in [-0.2, 0) is 14.3 Å². The van der Waals surface area contributed by atoms with Crippen molar-refractivity contribution in [2.45, 2.75) is 12.2 Å². The van der Waals surface area contributed by atoms with Crippen LogP contribution in [0.2, 0.25) is 0 Å². The van der Waals surface area contributed by atoms with Gasteiger partial charge in [-0.1, -0.05) is 12.1 Å². The normalized spacial score (nSPS) is 17.1. The van der Waals surface area contributed by atoms with E-state index in [1.807, 2.05) is 0 Å². The van der Waals surface area contributed by atoms with E-state index < -0.39 is 35.7 Å². The second-order valence-electron chi connectivity index (χ2n) is 7.39. The molecule has 1 aliphatic heterocycles. The van der Waals surface area contributed by atoms with Crippen LogP contribution in [0.3, 0.4) is 0 Å². The Morgan fingerprint density at radius 1 is 1.27 bits per heavy atom. The molecule has 2 amide bonds. The van der Waals surface area contributed by atoms with Gasteiger partial charge in [-0.2, -0.15) is 0 Å². The molecule has 4 rings (SSSR count). The van der Waals surface area contributed by atoms with Gasteiger partial charge in [0.2, 0.25) is 5.56 Å². The number of benzene rings is 2. The number of halogens is 1. The van der Waals surface area contributed by atoms with Gasteiger partial charge in [0.1, 0.15) is 11.7 Å². The largest absolute Gasteiger partial charge is 0.384 e. The Bertz CT molecular complexity index is 1320. The van der Waals surface area contributed by atoms with Crippen molar-refractivity contribution in [1.82, 2.24) is 4.98 Å². The minimum absolute atomic E-state index is 0.00768. The number of aromatic nitrogens is 1. The van der Waals surface area contributed by atoms with Gasteiger partial charge in [0, 0.05) is 23.7 Å². The number of nitrogens with zero attached hydrogens (tertiary/aromatic N) is 1. The van der Waals surface area contributed by atoms with Gasteiger partial charge in [-0.25, -0.2) is 4.39 Å². The van der Waals surface area contributed by atoms with Crippen molar-refractivity contribution in [2.24, 2.45) is 5.73 Å². The van der Waals surface area contributed by atoms with E-state index >= 15 is 0 Å². The fraction of sp³-hybridized carbons (Fsp3) is 0.182. The number of para-hydroxylation sites is 1. The molecule has 0 bridgehead atoms. The van der Waals surface area contributed by atoms with Crippen LogP contribution in [0.25, 0.3) is 10.9 Å². The Hall–Kier alpha value is -4.09. The second-order valence-corrected chi connectivity index (χ2v) is 7.39. The summed E-state index contributed by atoms with van der Waals surface area (Å²) in [5, 5.41) is 20.8. The molecular formula is C22H20FN5O5. The maximum absolute atomic E-state index is 14.0. The van der Waals surface area contributed by atoms with E-state index in [-0.39, 0.29) is 30.0 Å². The van der Waals surface area contributed by atoms with Crippen molar-refractivity contribution in [3.63, 3.8) is 0 Å². The van der Waals surface area contributed by atoms with Crippen LogP contribution in [-0.4, -0.2) is 53.1 Å². The molecule has 0 aliphatic carbocycles. The van der Waals surface area contributed by atoms with Gasteiger partial charge in [0.05, 0.1) is 23.4 Å². The van der Waals surface area contributed by atoms with Crippen LogP contribution >= 0.6 is 0 Å². The van der Waals surface area contributed by atoms with Crippen molar-refractivity contribution in [3.05, 3.63) is 70.3 Å². The number of hydrogen-bond acceptors (Lipinski definition) is 6. The first-order chi connectivity index (χ1) is 15.8. The van der Waals surface area contributed by atoms with E-state index in [2.05, 4.69) is 10.3 Å². The molecule has 0 unspecified atom stereocenters. The molecule has 11 heteroatoms. The first-order valence-electron chi connectivity index (χ1n) is 9.94. The summed E-state index contributed by atoms with van der Waals surface area (Å²) in [6.45, 7) is 0.188. The number of anilines is 2. The summed E-state index contributed by atoms with van der Waals surface area (Å²) in [6.07, 6.45) is -3.39. The highest BCUT2D eigenvalue weighted by atomic mass is 19.1. The molecule has 0 spiro atoms. The summed E-state index contributed by atoms with van der Waals surface area (Å²) in [6, 6.07) is 11.6. The van der Waals surface area contributed by atoms with E-state index in [9.17, 15) is 23.9 Å². The van der Waals surface area contributed by atoms with Gasteiger partial charge in [-0.3, -0.25) is 19.8 Å². The number of carbonyl (C=O) groups is 2. The molecule has 3 aromatic rings. The number of rotatable bonds is 5. The minimum Gasteiger partial charge on any atom is -0.384 e. The van der Waals surface area contributed by atoms with Crippen molar-refractivity contribution in [1.29, 1.82) is 5.41 Å². The summed E-state index contributed by atoms with van der Waals surface area (Å²) >= 11 is 0. The second kappa shape index (κ2) is 8.81. The summed E-state index contributed by atoms with van der Waals surface area (Å²) in [5.74, 6) is -2.94. The van der Waals surface area contributed by atoms with E-state index in [1.165, 1.54) is 23.1 Å². The summed E-state index contributed by atoms with van der Waals surface area (Å²) in [7, 11) is 0. The highest BCUT2D eigenvalue weighted by Crippen LogP contribution is 2.27. The Morgan fingerprint density at radius 3 is 2.79 bits per heavy atom. The van der Waals surface area contributed by atoms with E-state index in [4.69, 9.17) is 15.9 Å². The molecule has 170 valence electrons. The first-order valence-corrected chi connectivity index (χ1v) is 9.94. The number of carbonyl (C=O) groups excluding carboxylic acids is 2. The van der Waals surface area contributed by atoms with E-state index in [1.54, 1.807) is 24.3 Å². The first kappa shape index (κ1) is 22.1. The Balaban J connectivity index is 1.55. The monoisotopic (exact) mass is 453 g/mol. The molecule has 1 fully saturated rings. The lowest BCUT2D eigenvalue weighted by atomic mass is 10.1. The molecule has 2 aromatic carbocycles. The summed E-state index contributed by atoms with van der Waals surface area (Å²) < 4.78 is 19.4. The predicted molar refractivity (Wildman–Crippen MR) is 119 cm³/mol. The minimum atomic E-state index is -1.88. The number of hydrogen-bond donors (Lipinski definition) is 5. The number of ether oxygens (including phenoxy) is 1. The smallest absolute Gasteiger partial charge is 0.259 e. The number of aliphatic hydroxyl groups is 1. The third-order valence-electron chi connectivity index (χ3n) is 5.23. The van der Waals surface area contributed by atoms with E-state index in [0.29, 0.717) is 16.6 Å². The zero-order valence-corrected chi connectivity index (χ0v) is 17.2. The van der Waals surface area contributed by atoms with Crippen molar-refractivity contribution in [2.75, 3.05) is 23.4 Å². The van der Waals surface area contributed by atoms with Gasteiger partial charge in [0.25, 0.3) is 11.8 Å². The average Bonchev–Trinajstić information content (AvgIpc) is 2.78. The summed E-state index contributed by atoms with van der Waals surface area (Å²) in [4.78, 5) is 41.5. The van der Waals surface area contributed by atoms with Crippen LogP contribution < -0.4 is 21.5 Å². The maximum atomic E-state index is 14.0. The lowest BCUT2D eigenvalue weighted by Crippen LogP contribution is -2.55. The highest BCUT2D eigenvalue weighted by molar-refractivity contribution is 6.07. The summed E-state index contributed by atoms with van der Waals surface area (Å²) in [5.41, 5.74) is 5.66. The van der Waals surface area contributed by atoms with Crippen LogP contribution in [0.1, 0.15) is 5.56 Å². The van der Waals surface area contributed by atoms with Gasteiger partial charge < -0.3 is 30.8 Å². The third-order valence-corrected chi connectivity index (χ3v) is 5.23. The van der Waals surface area contributed by atoms with Crippen LogP contribution in [0.4, 0.5) is 15.8 Å². The molecule has 6 N–H and O–H groups in total. The number of aliphatic hydroxyl groups excluding tert-OH is 1. The number of H-pyrrole nitrogens is 1. The predicted octanol–water partition coefficient (Wildman–Crippen LogP) is 0.683.